The molecule has 0 amide bonds. The second-order valence-electron chi connectivity index (χ2n) is 4.53. The van der Waals surface area contributed by atoms with Crippen LogP contribution in [0.1, 0.15) is 44.9 Å². The van der Waals surface area contributed by atoms with Crippen LogP contribution in [0.15, 0.2) is 0 Å². The van der Waals surface area contributed by atoms with Crippen molar-refractivity contribution in [2.45, 2.75) is 50.2 Å². The van der Waals surface area contributed by atoms with Crippen LogP contribution in [0.3, 0.4) is 0 Å². The van der Waals surface area contributed by atoms with Gasteiger partial charge >= 0.3 is 78.3 Å². The van der Waals surface area contributed by atoms with E-state index < -0.39 is 0 Å². The zero-order valence-electron chi connectivity index (χ0n) is 7.31. The van der Waals surface area contributed by atoms with Gasteiger partial charge in [-0.05, 0) is 0 Å². The van der Waals surface area contributed by atoms with Gasteiger partial charge in [-0.25, -0.2) is 0 Å². The van der Waals surface area contributed by atoms with Gasteiger partial charge in [-0.15, -0.1) is 0 Å². The van der Waals surface area contributed by atoms with Gasteiger partial charge in [0, 0.05) is 0 Å². The summed E-state index contributed by atoms with van der Waals surface area (Å²) in [4.78, 5) is 0. The van der Waals surface area contributed by atoms with Crippen molar-refractivity contribution in [2.75, 3.05) is 0 Å². The zero-order chi connectivity index (χ0) is 7.73. The topological polar surface area (TPSA) is 0 Å². The first-order valence-corrected chi connectivity index (χ1v) is 6.76. The van der Waals surface area contributed by atoms with Crippen LogP contribution in [0, 0.1) is 11.3 Å². The molecular formula is C10H19As. The Morgan fingerprint density at radius 2 is 1.73 bits per heavy atom. The first kappa shape index (κ1) is 8.17. The molecule has 2 aliphatic carbocycles. The van der Waals surface area contributed by atoms with Gasteiger partial charge in [-0.1, -0.05) is 0 Å². The Morgan fingerprint density at radius 1 is 1.09 bits per heavy atom. The molecular weight excluding hydrogens is 195 g/mol. The van der Waals surface area contributed by atoms with Crippen molar-refractivity contribution in [3.05, 3.63) is 0 Å². The van der Waals surface area contributed by atoms with Crippen LogP contribution in [0.2, 0.25) is 5.21 Å². The van der Waals surface area contributed by atoms with Gasteiger partial charge in [-0.2, -0.15) is 0 Å². The molecule has 1 atom stereocenters. The van der Waals surface area contributed by atoms with Crippen LogP contribution in [-0.2, 0) is 0 Å². The fourth-order valence-corrected chi connectivity index (χ4v) is 3.69. The van der Waals surface area contributed by atoms with Gasteiger partial charge < -0.3 is 0 Å². The van der Waals surface area contributed by atoms with Crippen LogP contribution in [0.5, 0.6) is 0 Å². The first-order chi connectivity index (χ1) is 5.35. The first-order valence-electron chi connectivity index (χ1n) is 5.05. The van der Waals surface area contributed by atoms with Crippen molar-refractivity contribution in [2.24, 2.45) is 11.3 Å². The number of hydrogen-bond donors (Lipinski definition) is 0. The van der Waals surface area contributed by atoms with Gasteiger partial charge in [0.2, 0.25) is 0 Å². The molecule has 2 aliphatic rings. The summed E-state index contributed by atoms with van der Waals surface area (Å²) in [5.74, 6) is 1.11. The average molecular weight is 214 g/mol. The van der Waals surface area contributed by atoms with Crippen molar-refractivity contribution in [3.63, 3.8) is 0 Å². The van der Waals surface area contributed by atoms with Gasteiger partial charge in [-0.3, -0.25) is 0 Å². The Balaban J connectivity index is 1.84. The molecule has 0 heterocycles. The molecule has 2 rings (SSSR count). The fraction of sp³-hybridized carbons (Fsp3) is 1.00. The maximum absolute atomic E-state index is 1.94. The van der Waals surface area contributed by atoms with Crippen LogP contribution < -0.4 is 0 Å². The molecule has 0 aromatic rings. The minimum atomic E-state index is 0.888. The fourth-order valence-electron chi connectivity index (χ4n) is 2.70. The van der Waals surface area contributed by atoms with Gasteiger partial charge in [0.05, 0.1) is 0 Å². The molecule has 0 bridgehead atoms. The molecule has 2 fully saturated rings. The van der Waals surface area contributed by atoms with Crippen molar-refractivity contribution < 1.29 is 0 Å². The quantitative estimate of drug-likeness (QED) is 0.588. The molecule has 0 aromatic carbocycles. The SMILES string of the molecule is [AsH2]CC1CCC2(CCC2)CC1. The predicted octanol–water partition coefficient (Wildman–Crippen LogP) is 2.40. The standard InChI is InChI=1S/C10H19As/c11-8-9-2-6-10(7-3-9)4-1-5-10/h9H,1-8,11H2. The van der Waals surface area contributed by atoms with Crippen molar-refractivity contribution in [1.29, 1.82) is 0 Å². The second-order valence-corrected chi connectivity index (χ2v) is 5.52. The van der Waals surface area contributed by atoms with E-state index in [1.807, 2.05) is 16.9 Å². The van der Waals surface area contributed by atoms with Crippen molar-refractivity contribution >= 4 is 16.9 Å². The molecule has 0 N–H and O–H groups in total. The van der Waals surface area contributed by atoms with E-state index in [2.05, 4.69) is 0 Å². The third-order valence-corrected chi connectivity index (χ3v) is 5.31. The van der Waals surface area contributed by atoms with Crippen LogP contribution in [0.4, 0.5) is 0 Å². The van der Waals surface area contributed by atoms with Gasteiger partial charge in [0.25, 0.3) is 0 Å². The van der Waals surface area contributed by atoms with Crippen LogP contribution >= 0.6 is 0 Å². The van der Waals surface area contributed by atoms with Crippen LogP contribution in [0.25, 0.3) is 0 Å². The molecule has 0 radical (unpaired) electrons. The normalized spacial score (nSPS) is 30.3. The molecule has 1 heteroatoms. The van der Waals surface area contributed by atoms with E-state index in [4.69, 9.17) is 0 Å². The van der Waals surface area contributed by atoms with E-state index in [0.29, 0.717) is 0 Å². The summed E-state index contributed by atoms with van der Waals surface area (Å²) in [5, 5.41) is 1.49. The summed E-state index contributed by atoms with van der Waals surface area (Å²) in [5.41, 5.74) is 0.888. The zero-order valence-corrected chi connectivity index (χ0v) is 9.73. The summed E-state index contributed by atoms with van der Waals surface area (Å²) >= 11 is 1.94. The molecule has 0 aromatic heterocycles. The number of rotatable bonds is 1. The van der Waals surface area contributed by atoms with Gasteiger partial charge in [0.15, 0.2) is 0 Å². The van der Waals surface area contributed by atoms with Gasteiger partial charge in [0.1, 0.15) is 0 Å². The van der Waals surface area contributed by atoms with E-state index in [-0.39, 0.29) is 0 Å². The van der Waals surface area contributed by atoms with Crippen LogP contribution in [-0.4, -0.2) is 16.9 Å². The summed E-state index contributed by atoms with van der Waals surface area (Å²) < 4.78 is 0. The Bertz CT molecular complexity index is 128. The monoisotopic (exact) mass is 214 g/mol. The Hall–Kier alpha value is 0.558. The molecule has 1 spiro atoms. The molecule has 0 nitrogen and oxygen atoms in total. The van der Waals surface area contributed by atoms with E-state index in [9.17, 15) is 0 Å². The summed E-state index contributed by atoms with van der Waals surface area (Å²) in [6.07, 6.45) is 10.9. The Morgan fingerprint density at radius 3 is 2.09 bits per heavy atom. The van der Waals surface area contributed by atoms with E-state index >= 15 is 0 Å². The van der Waals surface area contributed by atoms with E-state index in [0.717, 1.165) is 11.3 Å². The molecule has 2 saturated carbocycles. The Kier molecular flexibility index (Phi) is 2.32. The molecule has 1 unspecified atom stereocenters. The summed E-state index contributed by atoms with van der Waals surface area (Å²) in [6, 6.07) is 0. The van der Waals surface area contributed by atoms with Crippen molar-refractivity contribution in [3.8, 4) is 0 Å². The average Bonchev–Trinajstić information content (AvgIpc) is 2.02. The maximum atomic E-state index is 1.94. The third-order valence-electron chi connectivity index (χ3n) is 3.91. The summed E-state index contributed by atoms with van der Waals surface area (Å²) in [6.45, 7) is 0. The molecule has 64 valence electrons. The molecule has 11 heavy (non-hydrogen) atoms. The second kappa shape index (κ2) is 3.13. The van der Waals surface area contributed by atoms with E-state index in [1.54, 1.807) is 38.5 Å². The molecule has 0 aliphatic heterocycles. The van der Waals surface area contributed by atoms with E-state index in [1.165, 1.54) is 11.6 Å². The predicted molar refractivity (Wildman–Crippen MR) is 51.6 cm³/mol. The number of hydrogen-bond acceptors (Lipinski definition) is 0. The summed E-state index contributed by atoms with van der Waals surface area (Å²) in [7, 11) is 0. The molecule has 0 saturated heterocycles. The Labute approximate surface area is 78.6 Å². The minimum absolute atomic E-state index is 0.888. The third kappa shape index (κ3) is 1.52. The van der Waals surface area contributed by atoms with Crippen molar-refractivity contribution in [1.82, 2.24) is 0 Å².